The van der Waals surface area contributed by atoms with Crippen LogP contribution >= 0.6 is 11.3 Å². The highest BCUT2D eigenvalue weighted by atomic mass is 32.1. The van der Waals surface area contributed by atoms with Crippen LogP contribution in [0.15, 0.2) is 34.8 Å². The van der Waals surface area contributed by atoms with Gasteiger partial charge in [-0.2, -0.15) is 4.39 Å². The van der Waals surface area contributed by atoms with Gasteiger partial charge in [0, 0.05) is 23.7 Å². The van der Waals surface area contributed by atoms with Gasteiger partial charge in [0.05, 0.1) is 0 Å². The molecule has 0 aromatic carbocycles. The molecule has 0 spiro atoms. The molecular weight excluding hydrogens is 319 g/mol. The fraction of sp³-hybridized carbons (Fsp3) is 0.267. The summed E-state index contributed by atoms with van der Waals surface area (Å²) in [5.41, 5.74) is 5.53. The van der Waals surface area contributed by atoms with Gasteiger partial charge < -0.3 is 10.8 Å². The third kappa shape index (κ3) is 2.40. The van der Waals surface area contributed by atoms with Crippen LogP contribution in [0.2, 0.25) is 0 Å². The largest absolute Gasteiger partial charge is 0.380 e. The number of aliphatic imine (C=N–C) groups is 1. The van der Waals surface area contributed by atoms with Gasteiger partial charge in [-0.3, -0.25) is 9.69 Å². The van der Waals surface area contributed by atoms with Gasteiger partial charge in [-0.15, -0.1) is 11.3 Å². The first-order valence-electron chi connectivity index (χ1n) is 6.85. The van der Waals surface area contributed by atoms with E-state index in [1.54, 1.807) is 30.5 Å². The number of aliphatic hydroxyl groups excluding tert-OH is 1. The third-order valence-electron chi connectivity index (χ3n) is 3.96. The standard InChI is InChI=1S/C15H15FN4O2S/c1-15(11(21)13(22)20(2)14(17)19-15)10-6-8(7-23-10)9-4-3-5-18-12(9)16/h3-7,11,21H,1-2H3,(H2,17,19)/t11-,15+/m0/s1. The Hall–Kier alpha value is -2.32. The number of carbonyl (C=O) groups is 1. The maximum absolute atomic E-state index is 13.8. The minimum absolute atomic E-state index is 0.0327. The van der Waals surface area contributed by atoms with Crippen LogP contribution in [0, 0.1) is 5.95 Å². The number of thiophene rings is 1. The number of pyridine rings is 1. The molecule has 1 aliphatic rings. The summed E-state index contributed by atoms with van der Waals surface area (Å²) in [7, 11) is 1.45. The lowest BCUT2D eigenvalue weighted by molar-refractivity contribution is -0.140. The van der Waals surface area contributed by atoms with E-state index in [1.165, 1.54) is 24.6 Å². The molecule has 2 aromatic heterocycles. The van der Waals surface area contributed by atoms with Gasteiger partial charge in [0.2, 0.25) is 5.95 Å². The van der Waals surface area contributed by atoms with Crippen LogP contribution in [0.1, 0.15) is 11.8 Å². The lowest BCUT2D eigenvalue weighted by Gasteiger charge is -2.36. The second-order valence-electron chi connectivity index (χ2n) is 5.46. The maximum atomic E-state index is 13.8. The summed E-state index contributed by atoms with van der Waals surface area (Å²) in [5, 5.41) is 12.1. The molecule has 1 amide bonds. The average molecular weight is 334 g/mol. The van der Waals surface area contributed by atoms with Crippen molar-refractivity contribution < 1.29 is 14.3 Å². The number of nitrogens with zero attached hydrogens (tertiary/aromatic N) is 3. The Bertz CT molecular complexity index is 806. The van der Waals surface area contributed by atoms with Crippen molar-refractivity contribution in [2.75, 3.05) is 7.05 Å². The molecule has 3 rings (SSSR count). The Labute approximate surface area is 136 Å². The van der Waals surface area contributed by atoms with Crippen molar-refractivity contribution in [3.8, 4) is 11.1 Å². The molecular formula is C15H15FN4O2S. The van der Waals surface area contributed by atoms with Crippen LogP contribution in [-0.4, -0.2) is 40.0 Å². The number of nitrogens with two attached hydrogens (primary N) is 1. The molecule has 3 heterocycles. The number of carbonyl (C=O) groups excluding carboxylic acids is 1. The zero-order valence-corrected chi connectivity index (χ0v) is 13.3. The minimum Gasteiger partial charge on any atom is -0.380 e. The van der Waals surface area contributed by atoms with Crippen molar-refractivity contribution in [1.29, 1.82) is 0 Å². The summed E-state index contributed by atoms with van der Waals surface area (Å²) in [6, 6.07) is 4.95. The van der Waals surface area contributed by atoms with Crippen molar-refractivity contribution in [2.24, 2.45) is 10.7 Å². The summed E-state index contributed by atoms with van der Waals surface area (Å²) in [5.74, 6) is -1.07. The van der Waals surface area contributed by atoms with Crippen molar-refractivity contribution >= 4 is 23.2 Å². The predicted octanol–water partition coefficient (Wildman–Crippen LogP) is 1.31. The molecule has 3 N–H and O–H groups in total. The van der Waals surface area contributed by atoms with Gasteiger partial charge in [0.15, 0.2) is 12.1 Å². The van der Waals surface area contributed by atoms with Crippen molar-refractivity contribution in [2.45, 2.75) is 18.6 Å². The second kappa shape index (κ2) is 5.39. The number of rotatable bonds is 2. The Balaban J connectivity index is 2.06. The normalized spacial score (nSPS) is 24.7. The number of aliphatic hydroxyl groups is 1. The lowest BCUT2D eigenvalue weighted by Crippen LogP contribution is -2.56. The second-order valence-corrected chi connectivity index (χ2v) is 6.37. The fourth-order valence-electron chi connectivity index (χ4n) is 2.44. The van der Waals surface area contributed by atoms with Crippen molar-refractivity contribution in [3.63, 3.8) is 0 Å². The molecule has 1 aliphatic heterocycles. The van der Waals surface area contributed by atoms with Crippen molar-refractivity contribution in [1.82, 2.24) is 9.88 Å². The first-order chi connectivity index (χ1) is 10.8. The lowest BCUT2D eigenvalue weighted by atomic mass is 9.90. The summed E-state index contributed by atoms with van der Waals surface area (Å²) in [4.78, 5) is 21.7. The summed E-state index contributed by atoms with van der Waals surface area (Å²) in [6.07, 6.45) is 0.0164. The van der Waals surface area contributed by atoms with E-state index in [-0.39, 0.29) is 5.96 Å². The highest BCUT2D eigenvalue weighted by molar-refractivity contribution is 7.10. The van der Waals surface area contributed by atoms with E-state index in [1.807, 2.05) is 0 Å². The van der Waals surface area contributed by atoms with Gasteiger partial charge in [-0.1, -0.05) is 0 Å². The molecule has 8 heteroatoms. The zero-order valence-electron chi connectivity index (χ0n) is 12.5. The number of hydrogen-bond acceptors (Lipinski definition) is 6. The first kappa shape index (κ1) is 15.6. The fourth-order valence-corrected chi connectivity index (χ4v) is 3.48. The van der Waals surface area contributed by atoms with Gasteiger partial charge >= 0.3 is 0 Å². The molecule has 0 unspecified atom stereocenters. The average Bonchev–Trinajstić information content (AvgIpc) is 3.02. The van der Waals surface area contributed by atoms with Crippen LogP contribution in [0.25, 0.3) is 11.1 Å². The molecule has 0 aliphatic carbocycles. The number of amides is 1. The minimum atomic E-state index is -1.36. The SMILES string of the molecule is CN1C(=O)[C@H](O)[C@@](C)(c2cc(-c3cccnc3F)cs2)N=C1N. The molecule has 0 bridgehead atoms. The summed E-state index contributed by atoms with van der Waals surface area (Å²) in [6.45, 7) is 1.63. The van der Waals surface area contributed by atoms with E-state index < -0.39 is 23.5 Å². The van der Waals surface area contributed by atoms with Crippen LogP contribution in [0.4, 0.5) is 4.39 Å². The number of guanidine groups is 1. The van der Waals surface area contributed by atoms with Gasteiger partial charge in [0.25, 0.3) is 5.91 Å². The van der Waals surface area contributed by atoms with Crippen molar-refractivity contribution in [3.05, 3.63) is 40.6 Å². The number of likely N-dealkylation sites (N-methyl/N-ethyl adjacent to an activating group) is 1. The highest BCUT2D eigenvalue weighted by Gasteiger charge is 2.46. The summed E-state index contributed by atoms with van der Waals surface area (Å²) >= 11 is 1.28. The molecule has 2 atom stereocenters. The van der Waals surface area contributed by atoms with E-state index in [0.717, 1.165) is 4.90 Å². The predicted molar refractivity (Wildman–Crippen MR) is 85.3 cm³/mol. The Morgan fingerprint density at radius 2 is 2.26 bits per heavy atom. The van der Waals surface area contributed by atoms with E-state index >= 15 is 0 Å². The highest BCUT2D eigenvalue weighted by Crippen LogP contribution is 2.39. The molecule has 23 heavy (non-hydrogen) atoms. The van der Waals surface area contributed by atoms with Gasteiger partial charge in [0.1, 0.15) is 5.54 Å². The quantitative estimate of drug-likeness (QED) is 0.810. The van der Waals surface area contributed by atoms with Crippen LogP contribution < -0.4 is 5.73 Å². The number of halogens is 1. The molecule has 120 valence electrons. The van der Waals surface area contributed by atoms with Crippen LogP contribution in [0.5, 0.6) is 0 Å². The van der Waals surface area contributed by atoms with E-state index in [2.05, 4.69) is 9.98 Å². The number of aromatic nitrogens is 1. The number of hydrogen-bond donors (Lipinski definition) is 2. The molecule has 0 saturated heterocycles. The topological polar surface area (TPSA) is 91.8 Å². The summed E-state index contributed by atoms with van der Waals surface area (Å²) < 4.78 is 13.8. The van der Waals surface area contributed by atoms with E-state index in [4.69, 9.17) is 5.73 Å². The zero-order chi connectivity index (χ0) is 16.8. The van der Waals surface area contributed by atoms with Gasteiger partial charge in [-0.05, 0) is 36.1 Å². The molecule has 0 radical (unpaired) electrons. The van der Waals surface area contributed by atoms with E-state index in [9.17, 15) is 14.3 Å². The monoisotopic (exact) mass is 334 g/mol. The van der Waals surface area contributed by atoms with Crippen LogP contribution in [0.3, 0.4) is 0 Å². The van der Waals surface area contributed by atoms with Crippen LogP contribution in [-0.2, 0) is 10.3 Å². The molecule has 2 aromatic rings. The van der Waals surface area contributed by atoms with Gasteiger partial charge in [-0.25, -0.2) is 9.98 Å². The molecule has 0 saturated carbocycles. The Morgan fingerprint density at radius 3 is 2.96 bits per heavy atom. The molecule has 0 fully saturated rings. The smallest absolute Gasteiger partial charge is 0.260 e. The third-order valence-corrected chi connectivity index (χ3v) is 5.11. The molecule has 6 nitrogen and oxygen atoms in total. The van der Waals surface area contributed by atoms with E-state index in [0.29, 0.717) is 16.0 Å². The maximum Gasteiger partial charge on any atom is 0.260 e. The Kier molecular flexibility index (Phi) is 3.65. The first-order valence-corrected chi connectivity index (χ1v) is 7.73. The Morgan fingerprint density at radius 1 is 1.52 bits per heavy atom.